The Morgan fingerprint density at radius 2 is 1.33 bits per heavy atom. The highest BCUT2D eigenvalue weighted by atomic mass is 16.7. The van der Waals surface area contributed by atoms with Gasteiger partial charge >= 0.3 is 0 Å². The van der Waals surface area contributed by atoms with Crippen molar-refractivity contribution in [1.82, 2.24) is 5.32 Å². The molecule has 1 fully saturated rings. The molecule has 0 radical (unpaired) electrons. The quantitative estimate of drug-likeness (QED) is 0.0601. The van der Waals surface area contributed by atoms with Crippen molar-refractivity contribution in [3.8, 4) is 0 Å². The van der Waals surface area contributed by atoms with Gasteiger partial charge in [0.2, 0.25) is 5.91 Å². The van der Waals surface area contributed by atoms with Crippen LogP contribution in [0.25, 0.3) is 0 Å². The summed E-state index contributed by atoms with van der Waals surface area (Å²) in [5.74, 6) is -0.214. The Morgan fingerprint density at radius 1 is 0.767 bits per heavy atom. The molecular formula is C34H63NO8. The van der Waals surface area contributed by atoms with E-state index in [0.29, 0.717) is 6.42 Å². The van der Waals surface area contributed by atoms with E-state index >= 15 is 0 Å². The lowest BCUT2D eigenvalue weighted by Gasteiger charge is -2.40. The summed E-state index contributed by atoms with van der Waals surface area (Å²) in [7, 11) is 0. The van der Waals surface area contributed by atoms with Crippen LogP contribution < -0.4 is 5.32 Å². The Morgan fingerprint density at radius 3 is 1.95 bits per heavy atom. The SMILES string of the molecule is CCCCCCCCCCCCC/C=C/CC/C=C/C(O)C(COC1OC(CO)C(O)C(O)C1O)NC(=O)CCCCC. The van der Waals surface area contributed by atoms with E-state index in [1.807, 2.05) is 6.08 Å². The van der Waals surface area contributed by atoms with E-state index in [-0.39, 0.29) is 12.5 Å². The number of carbonyl (C=O) groups is 1. The highest BCUT2D eigenvalue weighted by Crippen LogP contribution is 2.22. The molecule has 9 nitrogen and oxygen atoms in total. The number of carbonyl (C=O) groups excluding carboxylic acids is 1. The molecule has 0 bridgehead atoms. The molecule has 1 amide bonds. The van der Waals surface area contributed by atoms with Gasteiger partial charge in [-0.15, -0.1) is 0 Å². The van der Waals surface area contributed by atoms with Crippen LogP contribution in [0.15, 0.2) is 24.3 Å². The molecule has 43 heavy (non-hydrogen) atoms. The van der Waals surface area contributed by atoms with E-state index < -0.39 is 49.5 Å². The van der Waals surface area contributed by atoms with Crippen molar-refractivity contribution in [1.29, 1.82) is 0 Å². The van der Waals surface area contributed by atoms with Crippen molar-refractivity contribution in [3.63, 3.8) is 0 Å². The predicted octanol–water partition coefficient (Wildman–Crippen LogP) is 4.82. The molecule has 1 aliphatic rings. The molecule has 1 rings (SSSR count). The number of hydrogen-bond donors (Lipinski definition) is 6. The van der Waals surface area contributed by atoms with E-state index in [1.165, 1.54) is 70.6 Å². The highest BCUT2D eigenvalue weighted by molar-refractivity contribution is 5.76. The minimum absolute atomic E-state index is 0.202. The number of aliphatic hydroxyl groups excluding tert-OH is 5. The van der Waals surface area contributed by atoms with Gasteiger partial charge in [0.1, 0.15) is 24.4 Å². The summed E-state index contributed by atoms with van der Waals surface area (Å²) < 4.78 is 11.0. The number of aliphatic hydroxyl groups is 5. The predicted molar refractivity (Wildman–Crippen MR) is 170 cm³/mol. The maximum atomic E-state index is 12.5. The van der Waals surface area contributed by atoms with Crippen molar-refractivity contribution in [3.05, 3.63) is 24.3 Å². The van der Waals surface area contributed by atoms with Gasteiger partial charge in [0.25, 0.3) is 0 Å². The van der Waals surface area contributed by atoms with E-state index in [9.17, 15) is 30.3 Å². The van der Waals surface area contributed by atoms with Crippen LogP contribution in [-0.2, 0) is 14.3 Å². The van der Waals surface area contributed by atoms with Crippen LogP contribution in [0.2, 0.25) is 0 Å². The fourth-order valence-electron chi connectivity index (χ4n) is 5.17. The Kier molecular flexibility index (Phi) is 23.9. The van der Waals surface area contributed by atoms with Gasteiger partial charge < -0.3 is 40.3 Å². The van der Waals surface area contributed by atoms with Crippen LogP contribution in [0.4, 0.5) is 0 Å². The summed E-state index contributed by atoms with van der Waals surface area (Å²) in [5, 5.41) is 53.3. The standard InChI is InChI=1S/C34H63NO8/c1-3-5-7-8-9-10-11-12-13-14-15-16-17-18-19-20-22-23-28(37)27(35-30(38)24-21-6-4-2)26-42-34-33(41)32(40)31(39)29(25-36)43-34/h17-18,22-23,27-29,31-34,36-37,39-41H,3-16,19-21,24-26H2,1-2H3,(H,35,38)/b18-17+,23-22+. The molecule has 7 atom stereocenters. The van der Waals surface area contributed by atoms with Crippen LogP contribution in [0.5, 0.6) is 0 Å². The summed E-state index contributed by atoms with van der Waals surface area (Å²) in [6.45, 7) is 3.54. The maximum absolute atomic E-state index is 12.5. The molecule has 252 valence electrons. The fourth-order valence-corrected chi connectivity index (χ4v) is 5.17. The number of hydrogen-bond acceptors (Lipinski definition) is 8. The van der Waals surface area contributed by atoms with Gasteiger partial charge in [0, 0.05) is 6.42 Å². The molecule has 0 aromatic heterocycles. The zero-order chi connectivity index (χ0) is 31.7. The Labute approximate surface area is 260 Å². The maximum Gasteiger partial charge on any atom is 0.220 e. The minimum atomic E-state index is -1.56. The van der Waals surface area contributed by atoms with Crippen LogP contribution >= 0.6 is 0 Å². The minimum Gasteiger partial charge on any atom is -0.394 e. The summed E-state index contributed by atoms with van der Waals surface area (Å²) in [6, 6.07) is -0.811. The topological polar surface area (TPSA) is 149 Å². The molecule has 1 aliphatic heterocycles. The fraction of sp³-hybridized carbons (Fsp3) is 0.853. The van der Waals surface area contributed by atoms with Gasteiger partial charge in [-0.05, 0) is 32.1 Å². The van der Waals surface area contributed by atoms with E-state index in [0.717, 1.165) is 38.5 Å². The number of nitrogens with one attached hydrogen (secondary N) is 1. The van der Waals surface area contributed by atoms with Gasteiger partial charge in [-0.1, -0.05) is 115 Å². The summed E-state index contributed by atoms with van der Waals surface area (Å²) in [6.07, 6.45) is 20.2. The largest absolute Gasteiger partial charge is 0.394 e. The van der Waals surface area contributed by atoms with Crippen molar-refractivity contribution in [2.45, 2.75) is 172 Å². The van der Waals surface area contributed by atoms with Crippen LogP contribution in [-0.4, -0.2) is 87.5 Å². The monoisotopic (exact) mass is 613 g/mol. The lowest BCUT2D eigenvalue weighted by Crippen LogP contribution is -2.60. The molecule has 1 saturated heterocycles. The molecule has 0 saturated carbocycles. The first-order chi connectivity index (χ1) is 20.8. The van der Waals surface area contributed by atoms with E-state index in [4.69, 9.17) is 9.47 Å². The second-order valence-corrected chi connectivity index (χ2v) is 12.0. The molecule has 0 aromatic carbocycles. The van der Waals surface area contributed by atoms with Gasteiger partial charge in [-0.2, -0.15) is 0 Å². The van der Waals surface area contributed by atoms with Gasteiger partial charge in [-0.25, -0.2) is 0 Å². The van der Waals surface area contributed by atoms with Crippen molar-refractivity contribution in [2.24, 2.45) is 0 Å². The van der Waals surface area contributed by atoms with Crippen molar-refractivity contribution >= 4 is 5.91 Å². The Hall–Kier alpha value is -1.33. The zero-order valence-electron chi connectivity index (χ0n) is 27.0. The van der Waals surface area contributed by atoms with Gasteiger partial charge in [0.15, 0.2) is 6.29 Å². The summed E-state index contributed by atoms with van der Waals surface area (Å²) in [5.41, 5.74) is 0. The average Bonchev–Trinajstić information content (AvgIpc) is 3.00. The second-order valence-electron chi connectivity index (χ2n) is 12.0. The lowest BCUT2D eigenvalue weighted by atomic mass is 9.99. The second kappa shape index (κ2) is 25.9. The normalized spacial score (nSPS) is 24.1. The van der Waals surface area contributed by atoms with E-state index in [2.05, 4.69) is 31.3 Å². The summed E-state index contributed by atoms with van der Waals surface area (Å²) in [4.78, 5) is 12.5. The number of ether oxygens (including phenoxy) is 2. The summed E-state index contributed by atoms with van der Waals surface area (Å²) >= 11 is 0. The first-order valence-electron chi connectivity index (χ1n) is 17.1. The number of amides is 1. The van der Waals surface area contributed by atoms with Gasteiger partial charge in [-0.3, -0.25) is 4.79 Å². The van der Waals surface area contributed by atoms with Crippen molar-refractivity contribution in [2.75, 3.05) is 13.2 Å². The van der Waals surface area contributed by atoms with Crippen molar-refractivity contribution < 1.29 is 39.8 Å². The van der Waals surface area contributed by atoms with Gasteiger partial charge in [0.05, 0.1) is 25.4 Å². The number of unbranched alkanes of at least 4 members (excludes halogenated alkanes) is 14. The first-order valence-corrected chi connectivity index (χ1v) is 17.1. The van der Waals surface area contributed by atoms with Crippen LogP contribution in [0, 0.1) is 0 Å². The Balaban J connectivity index is 2.39. The molecule has 9 heteroatoms. The Bertz CT molecular complexity index is 731. The third kappa shape index (κ3) is 18.3. The molecule has 1 heterocycles. The lowest BCUT2D eigenvalue weighted by molar-refractivity contribution is -0.302. The molecular weight excluding hydrogens is 550 g/mol. The third-order valence-corrected chi connectivity index (χ3v) is 8.03. The van der Waals surface area contributed by atoms with Crippen LogP contribution in [0.1, 0.15) is 129 Å². The molecule has 6 N–H and O–H groups in total. The molecule has 0 aliphatic carbocycles. The molecule has 0 aromatic rings. The molecule has 0 spiro atoms. The average molecular weight is 614 g/mol. The molecule has 7 unspecified atom stereocenters. The van der Waals surface area contributed by atoms with Crippen LogP contribution in [0.3, 0.4) is 0 Å². The number of allylic oxidation sites excluding steroid dienone is 3. The smallest absolute Gasteiger partial charge is 0.220 e. The highest BCUT2D eigenvalue weighted by Gasteiger charge is 2.44. The zero-order valence-corrected chi connectivity index (χ0v) is 27.0. The first kappa shape index (κ1) is 39.7. The third-order valence-electron chi connectivity index (χ3n) is 8.03. The van der Waals surface area contributed by atoms with E-state index in [1.54, 1.807) is 6.08 Å². The number of rotatable bonds is 26.